The van der Waals surface area contributed by atoms with Crippen LogP contribution in [0.2, 0.25) is 0 Å². The number of benzene rings is 1. The van der Waals surface area contributed by atoms with Crippen molar-refractivity contribution in [3.8, 4) is 5.75 Å². The molecule has 24 heavy (non-hydrogen) atoms. The molecular weight excluding hydrogens is 326 g/mol. The molecule has 1 aromatic rings. The Kier molecular flexibility index (Phi) is 4.40. The molecule has 130 valence electrons. The molecule has 7 heteroatoms. The number of fused-ring (bicyclic) bond motifs is 4. The maximum Gasteiger partial charge on any atom is 0.233 e. The lowest BCUT2D eigenvalue weighted by Crippen LogP contribution is -2.72. The van der Waals surface area contributed by atoms with Crippen molar-refractivity contribution in [1.29, 1.82) is 0 Å². The average molecular weight is 349 g/mol. The van der Waals surface area contributed by atoms with E-state index in [1.165, 1.54) is 0 Å². The minimum absolute atomic E-state index is 0.00872. The Morgan fingerprint density at radius 3 is 2.83 bits per heavy atom. The molecule has 3 rings (SSSR count). The number of hydrogen-bond acceptors (Lipinski definition) is 4. The fourth-order valence-corrected chi connectivity index (χ4v) is 3.96. The molecule has 1 aromatic carbocycles. The number of thiocarbonyl (C=S) groups is 1. The summed E-state index contributed by atoms with van der Waals surface area (Å²) in [6.45, 7) is 2.98. The summed E-state index contributed by atoms with van der Waals surface area (Å²) in [6, 6.07) is 7.59. The van der Waals surface area contributed by atoms with Crippen molar-refractivity contribution < 1.29 is 14.3 Å². The zero-order valence-electron chi connectivity index (χ0n) is 14.4. The molecule has 2 aliphatic heterocycles. The molecular formula is C17H23N3O3S. The molecule has 0 unspecified atom stereocenters. The van der Waals surface area contributed by atoms with Gasteiger partial charge in [0.1, 0.15) is 11.7 Å². The first-order valence-electron chi connectivity index (χ1n) is 7.96. The Bertz CT molecular complexity index is 666. The van der Waals surface area contributed by atoms with Crippen LogP contribution in [0.25, 0.3) is 0 Å². The van der Waals surface area contributed by atoms with Crippen LogP contribution in [0.4, 0.5) is 0 Å². The van der Waals surface area contributed by atoms with Gasteiger partial charge in [-0.2, -0.15) is 0 Å². The van der Waals surface area contributed by atoms with Crippen molar-refractivity contribution in [3.05, 3.63) is 29.8 Å². The van der Waals surface area contributed by atoms with Crippen molar-refractivity contribution in [2.45, 2.75) is 18.7 Å². The number of nitrogens with zero attached hydrogens (tertiary/aromatic N) is 2. The zero-order chi connectivity index (χ0) is 17.5. The lowest BCUT2D eigenvalue weighted by molar-refractivity contribution is -0.162. The quantitative estimate of drug-likeness (QED) is 0.829. The second-order valence-corrected chi connectivity index (χ2v) is 6.86. The molecule has 0 spiro atoms. The lowest BCUT2D eigenvalue weighted by Gasteiger charge is -2.56. The Morgan fingerprint density at radius 1 is 1.46 bits per heavy atom. The van der Waals surface area contributed by atoms with Crippen molar-refractivity contribution in [1.82, 2.24) is 15.1 Å². The minimum Gasteiger partial charge on any atom is -0.467 e. The smallest absolute Gasteiger partial charge is 0.233 e. The van der Waals surface area contributed by atoms with Gasteiger partial charge in [-0.3, -0.25) is 4.79 Å². The highest BCUT2D eigenvalue weighted by Crippen LogP contribution is 2.48. The first-order valence-corrected chi connectivity index (χ1v) is 8.37. The molecule has 1 N–H and O–H groups in total. The van der Waals surface area contributed by atoms with Crippen LogP contribution < -0.4 is 10.1 Å². The molecule has 2 bridgehead atoms. The van der Waals surface area contributed by atoms with Gasteiger partial charge in [0, 0.05) is 33.3 Å². The molecule has 0 aromatic heterocycles. The van der Waals surface area contributed by atoms with E-state index in [-0.39, 0.29) is 11.9 Å². The number of amides is 1. The summed E-state index contributed by atoms with van der Waals surface area (Å²) in [4.78, 5) is 16.5. The average Bonchev–Trinajstić information content (AvgIpc) is 2.53. The van der Waals surface area contributed by atoms with Gasteiger partial charge in [0.15, 0.2) is 10.8 Å². The van der Waals surface area contributed by atoms with Gasteiger partial charge in [0.05, 0.1) is 12.6 Å². The van der Waals surface area contributed by atoms with Crippen LogP contribution in [0, 0.1) is 5.92 Å². The third kappa shape index (κ3) is 2.52. The molecule has 2 aliphatic rings. The first-order chi connectivity index (χ1) is 11.4. The topological polar surface area (TPSA) is 54.0 Å². The second kappa shape index (κ2) is 6.22. The molecule has 1 fully saturated rings. The van der Waals surface area contributed by atoms with Crippen LogP contribution in [0.1, 0.15) is 18.5 Å². The van der Waals surface area contributed by atoms with E-state index >= 15 is 0 Å². The molecule has 3 atom stereocenters. The van der Waals surface area contributed by atoms with Crippen LogP contribution in [0.3, 0.4) is 0 Å². The van der Waals surface area contributed by atoms with Gasteiger partial charge in [0.2, 0.25) is 5.91 Å². The van der Waals surface area contributed by atoms with E-state index in [2.05, 4.69) is 5.32 Å². The van der Waals surface area contributed by atoms with E-state index in [9.17, 15) is 4.79 Å². The summed E-state index contributed by atoms with van der Waals surface area (Å²) >= 11 is 5.56. The summed E-state index contributed by atoms with van der Waals surface area (Å²) in [5, 5.41) is 3.93. The highest BCUT2D eigenvalue weighted by molar-refractivity contribution is 7.80. The van der Waals surface area contributed by atoms with Gasteiger partial charge in [-0.1, -0.05) is 18.2 Å². The van der Waals surface area contributed by atoms with Gasteiger partial charge in [-0.05, 0) is 25.2 Å². The van der Waals surface area contributed by atoms with Crippen LogP contribution in [-0.4, -0.2) is 60.9 Å². The van der Waals surface area contributed by atoms with Crippen LogP contribution >= 0.6 is 12.2 Å². The predicted octanol–water partition coefficient (Wildman–Crippen LogP) is 1.38. The molecule has 1 saturated heterocycles. The maximum absolute atomic E-state index is 13.0. The van der Waals surface area contributed by atoms with Crippen molar-refractivity contribution in [2.75, 3.05) is 34.4 Å². The monoisotopic (exact) mass is 349 g/mol. The van der Waals surface area contributed by atoms with E-state index < -0.39 is 11.6 Å². The lowest BCUT2D eigenvalue weighted by atomic mass is 9.78. The normalized spacial score (nSPS) is 27.8. The van der Waals surface area contributed by atoms with Gasteiger partial charge in [-0.15, -0.1) is 0 Å². The number of hydrogen-bond donors (Lipinski definition) is 1. The standard InChI is InChI=1S/C17H23N3O3S/c1-17-13(15(21)19(2)3)14(11-7-5-6-8-12(11)23-17)18-16(24)20(17)9-10-22-4/h5-8,13-14H,9-10H2,1-4H3,(H,18,24)/t13-,14+,17+/m1/s1. The number of para-hydroxylation sites is 1. The van der Waals surface area contributed by atoms with Gasteiger partial charge >= 0.3 is 0 Å². The molecule has 1 amide bonds. The van der Waals surface area contributed by atoms with E-state index in [0.717, 1.165) is 11.3 Å². The van der Waals surface area contributed by atoms with Crippen LogP contribution in [0.15, 0.2) is 24.3 Å². The van der Waals surface area contributed by atoms with Crippen LogP contribution in [-0.2, 0) is 9.53 Å². The van der Waals surface area contributed by atoms with Crippen molar-refractivity contribution in [2.24, 2.45) is 5.92 Å². The molecule has 0 aliphatic carbocycles. The summed E-state index contributed by atoms with van der Waals surface area (Å²) in [6.07, 6.45) is 0. The largest absolute Gasteiger partial charge is 0.467 e. The van der Waals surface area contributed by atoms with Crippen molar-refractivity contribution >= 4 is 23.2 Å². The SMILES string of the molecule is COCCN1C(=S)N[C@H]2c3ccccc3O[C@@]1(C)[C@H]2C(=O)N(C)C. The van der Waals surface area contributed by atoms with Gasteiger partial charge in [0.25, 0.3) is 0 Å². The van der Waals surface area contributed by atoms with Gasteiger partial charge in [-0.25, -0.2) is 0 Å². The first kappa shape index (κ1) is 17.0. The molecule has 0 radical (unpaired) electrons. The summed E-state index contributed by atoms with van der Waals surface area (Å²) < 4.78 is 11.6. The number of carbonyl (C=O) groups is 1. The Hall–Kier alpha value is -1.86. The summed E-state index contributed by atoms with van der Waals surface area (Å²) in [5.41, 5.74) is 0.102. The minimum atomic E-state index is -0.860. The number of methoxy groups -OCH3 is 1. The van der Waals surface area contributed by atoms with Crippen LogP contribution in [0.5, 0.6) is 5.75 Å². The number of carbonyl (C=O) groups excluding carboxylic acids is 1. The second-order valence-electron chi connectivity index (χ2n) is 6.48. The van der Waals surface area contributed by atoms with Crippen molar-refractivity contribution in [3.63, 3.8) is 0 Å². The van der Waals surface area contributed by atoms with E-state index in [4.69, 9.17) is 21.7 Å². The summed E-state index contributed by atoms with van der Waals surface area (Å²) in [5.74, 6) is 0.380. The highest BCUT2D eigenvalue weighted by Gasteiger charge is 2.58. The third-order valence-electron chi connectivity index (χ3n) is 4.77. The molecule has 6 nitrogen and oxygen atoms in total. The third-order valence-corrected chi connectivity index (χ3v) is 5.11. The molecule has 2 heterocycles. The predicted molar refractivity (Wildman–Crippen MR) is 94.7 cm³/mol. The van der Waals surface area contributed by atoms with Gasteiger partial charge < -0.3 is 24.6 Å². The Labute approximate surface area is 147 Å². The number of rotatable bonds is 4. The summed E-state index contributed by atoms with van der Waals surface area (Å²) in [7, 11) is 5.17. The Balaban J connectivity index is 2.10. The fourth-order valence-electron chi connectivity index (χ4n) is 3.56. The Morgan fingerprint density at radius 2 is 2.17 bits per heavy atom. The maximum atomic E-state index is 13.0. The number of ether oxygens (including phenoxy) is 2. The molecule has 0 saturated carbocycles. The fraction of sp³-hybridized carbons (Fsp3) is 0.529. The highest BCUT2D eigenvalue weighted by atomic mass is 32.1. The zero-order valence-corrected chi connectivity index (χ0v) is 15.2. The number of nitrogens with one attached hydrogen (secondary N) is 1. The van der Waals surface area contributed by atoms with E-state index in [1.54, 1.807) is 26.1 Å². The van der Waals surface area contributed by atoms with E-state index in [1.807, 2.05) is 36.1 Å². The van der Waals surface area contributed by atoms with E-state index in [0.29, 0.717) is 18.3 Å².